The van der Waals surface area contributed by atoms with Gasteiger partial charge in [-0.25, -0.2) is 4.79 Å². The van der Waals surface area contributed by atoms with Crippen molar-refractivity contribution in [3.63, 3.8) is 0 Å². The molecule has 0 bridgehead atoms. The summed E-state index contributed by atoms with van der Waals surface area (Å²) in [5.74, 6) is -1.34. The second kappa shape index (κ2) is 5.87. The summed E-state index contributed by atoms with van der Waals surface area (Å²) in [6, 6.07) is 8.58. The Bertz CT molecular complexity index is 364. The highest BCUT2D eigenvalue weighted by atomic mass is 16.6. The molecule has 0 saturated carbocycles. The smallest absolute Gasteiger partial charge is 0.333 e. The van der Waals surface area contributed by atoms with Gasteiger partial charge in [-0.15, -0.1) is 0 Å². The van der Waals surface area contributed by atoms with Crippen LogP contribution in [-0.2, 0) is 19.1 Å². The fraction of sp³-hybridized carbons (Fsp3) is 0.273. The summed E-state index contributed by atoms with van der Waals surface area (Å²) in [5, 5.41) is 0. The lowest BCUT2D eigenvalue weighted by Crippen LogP contribution is -2.27. The van der Waals surface area contributed by atoms with Gasteiger partial charge >= 0.3 is 5.97 Å². The molecule has 16 heavy (non-hydrogen) atoms. The highest BCUT2D eigenvalue weighted by Gasteiger charge is 2.21. The molecule has 0 fully saturated rings. The van der Waals surface area contributed by atoms with Crippen molar-refractivity contribution in [3.05, 3.63) is 35.9 Å². The SMILES string of the molecule is COCC(=O)OC(C(N)=O)c1ccccc1. The van der Waals surface area contributed by atoms with E-state index in [0.717, 1.165) is 0 Å². The quantitative estimate of drug-likeness (QED) is 0.733. The number of benzene rings is 1. The number of carbonyl (C=O) groups is 2. The van der Waals surface area contributed by atoms with Crippen molar-refractivity contribution in [1.29, 1.82) is 0 Å². The Morgan fingerprint density at radius 3 is 2.44 bits per heavy atom. The number of hydrogen-bond acceptors (Lipinski definition) is 4. The fourth-order valence-corrected chi connectivity index (χ4v) is 1.20. The number of ether oxygens (including phenoxy) is 2. The van der Waals surface area contributed by atoms with Crippen molar-refractivity contribution < 1.29 is 19.1 Å². The Morgan fingerprint density at radius 2 is 1.94 bits per heavy atom. The van der Waals surface area contributed by atoms with Crippen molar-refractivity contribution >= 4 is 11.9 Å². The molecule has 1 atom stereocenters. The van der Waals surface area contributed by atoms with E-state index in [0.29, 0.717) is 5.56 Å². The minimum atomic E-state index is -1.07. The van der Waals surface area contributed by atoms with Crippen LogP contribution in [0.2, 0.25) is 0 Å². The van der Waals surface area contributed by atoms with E-state index in [-0.39, 0.29) is 6.61 Å². The first-order valence-electron chi connectivity index (χ1n) is 4.68. The minimum absolute atomic E-state index is 0.212. The molecule has 0 heterocycles. The van der Waals surface area contributed by atoms with Gasteiger partial charge in [0.1, 0.15) is 6.61 Å². The van der Waals surface area contributed by atoms with Gasteiger partial charge in [0.25, 0.3) is 5.91 Å². The van der Waals surface area contributed by atoms with Crippen molar-refractivity contribution in [2.75, 3.05) is 13.7 Å². The molecular weight excluding hydrogens is 210 g/mol. The highest BCUT2D eigenvalue weighted by Crippen LogP contribution is 2.16. The molecule has 5 heteroatoms. The molecule has 0 saturated heterocycles. The van der Waals surface area contributed by atoms with Crippen LogP contribution >= 0.6 is 0 Å². The van der Waals surface area contributed by atoms with E-state index in [4.69, 9.17) is 10.5 Å². The van der Waals surface area contributed by atoms with Gasteiger partial charge in [-0.1, -0.05) is 30.3 Å². The molecule has 86 valence electrons. The summed E-state index contributed by atoms with van der Waals surface area (Å²) >= 11 is 0. The monoisotopic (exact) mass is 223 g/mol. The predicted octanol–water partition coefficient (Wildman–Crippen LogP) is 0.403. The molecule has 1 aromatic rings. The third-order valence-corrected chi connectivity index (χ3v) is 1.87. The molecule has 1 aromatic carbocycles. The van der Waals surface area contributed by atoms with Gasteiger partial charge in [-0.3, -0.25) is 4.79 Å². The van der Waals surface area contributed by atoms with Gasteiger partial charge in [0, 0.05) is 12.7 Å². The maximum Gasteiger partial charge on any atom is 0.333 e. The standard InChI is InChI=1S/C11H13NO4/c1-15-7-9(13)16-10(11(12)14)8-5-3-2-4-6-8/h2-6,10H,7H2,1H3,(H2,12,14). The molecule has 0 aliphatic rings. The highest BCUT2D eigenvalue weighted by molar-refractivity contribution is 5.83. The molecule has 0 aliphatic carbocycles. The number of hydrogen-bond donors (Lipinski definition) is 1. The van der Waals surface area contributed by atoms with Crippen molar-refractivity contribution in [2.24, 2.45) is 5.73 Å². The molecule has 0 aliphatic heterocycles. The molecular formula is C11H13NO4. The van der Waals surface area contributed by atoms with Crippen molar-refractivity contribution in [2.45, 2.75) is 6.10 Å². The number of methoxy groups -OCH3 is 1. The third kappa shape index (κ3) is 3.36. The summed E-state index contributed by atoms with van der Waals surface area (Å²) in [6.45, 7) is -0.212. The van der Waals surface area contributed by atoms with Crippen LogP contribution in [0.15, 0.2) is 30.3 Å². The first-order valence-corrected chi connectivity index (χ1v) is 4.68. The van der Waals surface area contributed by atoms with Crippen LogP contribution in [-0.4, -0.2) is 25.6 Å². The second-order valence-corrected chi connectivity index (χ2v) is 3.12. The number of esters is 1. The van der Waals surface area contributed by atoms with Gasteiger partial charge in [0.2, 0.25) is 6.10 Å². The Kier molecular flexibility index (Phi) is 4.47. The van der Waals surface area contributed by atoms with Gasteiger partial charge in [0.05, 0.1) is 0 Å². The molecule has 0 spiro atoms. The molecule has 0 aromatic heterocycles. The van der Waals surface area contributed by atoms with Crippen LogP contribution in [0.3, 0.4) is 0 Å². The van der Waals surface area contributed by atoms with Gasteiger partial charge < -0.3 is 15.2 Å². The first-order chi connectivity index (χ1) is 7.65. The molecule has 5 nitrogen and oxygen atoms in total. The van der Waals surface area contributed by atoms with E-state index < -0.39 is 18.0 Å². The topological polar surface area (TPSA) is 78.6 Å². The van der Waals surface area contributed by atoms with Gasteiger partial charge in [0.15, 0.2) is 0 Å². The maximum absolute atomic E-state index is 11.2. The second-order valence-electron chi connectivity index (χ2n) is 3.12. The summed E-state index contributed by atoms with van der Waals surface area (Å²) in [5.41, 5.74) is 5.70. The zero-order valence-corrected chi connectivity index (χ0v) is 8.88. The van der Waals surface area contributed by atoms with Crippen molar-refractivity contribution in [3.8, 4) is 0 Å². The minimum Gasteiger partial charge on any atom is -0.446 e. The number of nitrogens with two attached hydrogens (primary N) is 1. The summed E-state index contributed by atoms with van der Waals surface area (Å²) < 4.78 is 9.49. The number of amides is 1. The lowest BCUT2D eigenvalue weighted by atomic mass is 10.1. The van der Waals surface area contributed by atoms with Crippen LogP contribution in [0.25, 0.3) is 0 Å². The molecule has 2 N–H and O–H groups in total. The molecule has 0 radical (unpaired) electrons. The Balaban J connectivity index is 2.77. The maximum atomic E-state index is 11.2. The summed E-state index contributed by atoms with van der Waals surface area (Å²) in [7, 11) is 1.36. The Labute approximate surface area is 93.1 Å². The van der Waals surface area contributed by atoms with Crippen LogP contribution < -0.4 is 5.73 Å². The van der Waals surface area contributed by atoms with E-state index in [1.807, 2.05) is 0 Å². The zero-order valence-electron chi connectivity index (χ0n) is 8.88. The average molecular weight is 223 g/mol. The third-order valence-electron chi connectivity index (χ3n) is 1.87. The largest absolute Gasteiger partial charge is 0.446 e. The van der Waals surface area contributed by atoms with Crippen LogP contribution in [0.5, 0.6) is 0 Å². The average Bonchev–Trinajstić information content (AvgIpc) is 2.27. The fourth-order valence-electron chi connectivity index (χ4n) is 1.20. The van der Waals surface area contributed by atoms with E-state index in [1.165, 1.54) is 7.11 Å². The lowest BCUT2D eigenvalue weighted by molar-refractivity contribution is -0.158. The lowest BCUT2D eigenvalue weighted by Gasteiger charge is -2.14. The molecule has 1 unspecified atom stereocenters. The van der Waals surface area contributed by atoms with Gasteiger partial charge in [-0.05, 0) is 0 Å². The Morgan fingerprint density at radius 1 is 1.31 bits per heavy atom. The van der Waals surface area contributed by atoms with Crippen LogP contribution in [0.1, 0.15) is 11.7 Å². The Hall–Kier alpha value is -1.88. The number of primary amides is 1. The van der Waals surface area contributed by atoms with E-state index >= 15 is 0 Å². The number of carbonyl (C=O) groups excluding carboxylic acids is 2. The summed E-state index contributed by atoms with van der Waals surface area (Å²) in [6.07, 6.45) is -1.07. The van der Waals surface area contributed by atoms with E-state index in [9.17, 15) is 9.59 Å². The predicted molar refractivity (Wildman–Crippen MR) is 56.3 cm³/mol. The van der Waals surface area contributed by atoms with E-state index in [1.54, 1.807) is 30.3 Å². The van der Waals surface area contributed by atoms with Crippen molar-refractivity contribution in [1.82, 2.24) is 0 Å². The normalized spacial score (nSPS) is 11.8. The molecule has 1 amide bonds. The zero-order chi connectivity index (χ0) is 12.0. The molecule has 1 rings (SSSR count). The van der Waals surface area contributed by atoms with Crippen LogP contribution in [0, 0.1) is 0 Å². The number of rotatable bonds is 5. The summed E-state index contributed by atoms with van der Waals surface area (Å²) in [4.78, 5) is 22.3. The first kappa shape index (κ1) is 12.2. The van der Waals surface area contributed by atoms with Gasteiger partial charge in [-0.2, -0.15) is 0 Å². The van der Waals surface area contributed by atoms with Crippen LogP contribution in [0.4, 0.5) is 0 Å². The van der Waals surface area contributed by atoms with E-state index in [2.05, 4.69) is 4.74 Å².